The van der Waals surface area contributed by atoms with Crippen LogP contribution < -0.4 is 11.1 Å². The van der Waals surface area contributed by atoms with Crippen LogP contribution in [0.25, 0.3) is 0 Å². The molecule has 1 aromatic carbocycles. The number of allylic oxidation sites excluding steroid dienone is 1. The molecule has 0 spiro atoms. The van der Waals surface area contributed by atoms with Crippen LogP contribution in [0, 0.1) is 0 Å². The first-order valence-corrected chi connectivity index (χ1v) is 8.32. The first-order chi connectivity index (χ1) is 11.0. The van der Waals surface area contributed by atoms with Gasteiger partial charge >= 0.3 is 0 Å². The molecular formula is C16H21N5OS. The lowest BCUT2D eigenvalue weighted by Gasteiger charge is -2.08. The molecule has 0 fully saturated rings. The molecule has 122 valence electrons. The van der Waals surface area contributed by atoms with Crippen LogP contribution in [-0.4, -0.2) is 26.4 Å². The summed E-state index contributed by atoms with van der Waals surface area (Å²) in [5.74, 6) is 0.925. The van der Waals surface area contributed by atoms with Crippen molar-refractivity contribution in [3.05, 3.63) is 42.5 Å². The standard InChI is InChI=1S/C16H21N5OS/c1-4-9-21-15(17)19-20-16(21)23-10-14(22)18-13-7-5-12(6-8-13)11(2)3/h4-8,11H,1,9-10H2,2-3H3,(H2,17,19)(H,18,22). The zero-order chi connectivity index (χ0) is 16.8. The Morgan fingerprint density at radius 2 is 2.09 bits per heavy atom. The van der Waals surface area contributed by atoms with Crippen LogP contribution in [0.2, 0.25) is 0 Å². The molecule has 2 rings (SSSR count). The van der Waals surface area contributed by atoms with Gasteiger partial charge in [-0.2, -0.15) is 0 Å². The maximum Gasteiger partial charge on any atom is 0.234 e. The smallest absolute Gasteiger partial charge is 0.234 e. The van der Waals surface area contributed by atoms with E-state index in [1.807, 2.05) is 24.3 Å². The Kier molecular flexibility index (Phi) is 5.81. The highest BCUT2D eigenvalue weighted by atomic mass is 32.2. The highest BCUT2D eigenvalue weighted by Gasteiger charge is 2.11. The second-order valence-electron chi connectivity index (χ2n) is 5.35. The maximum atomic E-state index is 12.0. The molecule has 6 nitrogen and oxygen atoms in total. The molecule has 1 heterocycles. The highest BCUT2D eigenvalue weighted by molar-refractivity contribution is 7.99. The van der Waals surface area contributed by atoms with E-state index in [1.165, 1.54) is 17.3 Å². The van der Waals surface area contributed by atoms with Gasteiger partial charge in [0, 0.05) is 12.2 Å². The van der Waals surface area contributed by atoms with Crippen LogP contribution in [0.5, 0.6) is 0 Å². The lowest BCUT2D eigenvalue weighted by Crippen LogP contribution is -2.14. The minimum atomic E-state index is -0.0981. The van der Waals surface area contributed by atoms with Crippen LogP contribution >= 0.6 is 11.8 Å². The number of hydrogen-bond donors (Lipinski definition) is 2. The van der Waals surface area contributed by atoms with Gasteiger partial charge in [-0.25, -0.2) is 0 Å². The number of anilines is 2. The van der Waals surface area contributed by atoms with Gasteiger partial charge in [-0.1, -0.05) is 43.8 Å². The summed E-state index contributed by atoms with van der Waals surface area (Å²) in [6, 6.07) is 7.87. The number of rotatable bonds is 7. The van der Waals surface area contributed by atoms with E-state index in [4.69, 9.17) is 5.73 Å². The van der Waals surface area contributed by atoms with E-state index in [2.05, 4.69) is 35.9 Å². The van der Waals surface area contributed by atoms with E-state index in [-0.39, 0.29) is 11.7 Å². The van der Waals surface area contributed by atoms with Gasteiger partial charge in [-0.05, 0) is 23.6 Å². The van der Waals surface area contributed by atoms with Crippen LogP contribution in [0.15, 0.2) is 42.1 Å². The minimum absolute atomic E-state index is 0.0981. The molecule has 1 amide bonds. The molecule has 2 aromatic rings. The molecule has 3 N–H and O–H groups in total. The van der Waals surface area contributed by atoms with E-state index in [1.54, 1.807) is 10.6 Å². The number of carbonyl (C=O) groups excluding carboxylic acids is 1. The second-order valence-corrected chi connectivity index (χ2v) is 6.30. The molecule has 23 heavy (non-hydrogen) atoms. The van der Waals surface area contributed by atoms with Crippen molar-refractivity contribution in [3.63, 3.8) is 0 Å². The van der Waals surface area contributed by atoms with Gasteiger partial charge in [0.1, 0.15) is 0 Å². The van der Waals surface area contributed by atoms with Gasteiger partial charge in [-0.3, -0.25) is 9.36 Å². The molecule has 0 saturated heterocycles. The molecule has 7 heteroatoms. The lowest BCUT2D eigenvalue weighted by atomic mass is 10.0. The van der Waals surface area contributed by atoms with Crippen LogP contribution in [0.4, 0.5) is 11.6 Å². The Labute approximate surface area is 140 Å². The van der Waals surface area contributed by atoms with Gasteiger partial charge in [0.25, 0.3) is 0 Å². The second kappa shape index (κ2) is 7.82. The van der Waals surface area contributed by atoms with Crippen molar-refractivity contribution in [1.29, 1.82) is 0 Å². The Morgan fingerprint density at radius 1 is 1.39 bits per heavy atom. The number of benzene rings is 1. The number of hydrogen-bond acceptors (Lipinski definition) is 5. The first kappa shape index (κ1) is 17.1. The largest absolute Gasteiger partial charge is 0.368 e. The number of aromatic nitrogens is 3. The summed E-state index contributed by atoms with van der Waals surface area (Å²) in [6.07, 6.45) is 1.71. The summed E-state index contributed by atoms with van der Waals surface area (Å²) in [7, 11) is 0. The average molecular weight is 331 g/mol. The monoisotopic (exact) mass is 331 g/mol. The number of nitrogens with zero attached hydrogens (tertiary/aromatic N) is 3. The predicted molar refractivity (Wildman–Crippen MR) is 94.5 cm³/mol. The Morgan fingerprint density at radius 3 is 2.70 bits per heavy atom. The Hall–Kier alpha value is -2.28. The van der Waals surface area contributed by atoms with Gasteiger partial charge in [0.2, 0.25) is 11.9 Å². The third kappa shape index (κ3) is 4.59. The molecule has 0 bridgehead atoms. The van der Waals surface area contributed by atoms with E-state index in [9.17, 15) is 4.79 Å². The summed E-state index contributed by atoms with van der Waals surface area (Å²) in [4.78, 5) is 12.0. The van der Waals surface area contributed by atoms with Crippen molar-refractivity contribution in [3.8, 4) is 0 Å². The van der Waals surface area contributed by atoms with Crippen LogP contribution in [0.1, 0.15) is 25.3 Å². The normalized spacial score (nSPS) is 10.7. The molecular weight excluding hydrogens is 310 g/mol. The van der Waals surface area contributed by atoms with Crippen LogP contribution in [-0.2, 0) is 11.3 Å². The summed E-state index contributed by atoms with van der Waals surface area (Å²) in [6.45, 7) is 8.45. The molecule has 0 atom stereocenters. The van der Waals surface area contributed by atoms with Crippen molar-refractivity contribution in [2.45, 2.75) is 31.5 Å². The maximum absolute atomic E-state index is 12.0. The number of carbonyl (C=O) groups is 1. The fourth-order valence-corrected chi connectivity index (χ4v) is 2.74. The predicted octanol–water partition coefficient (Wildman–Crippen LogP) is 2.90. The fraction of sp³-hybridized carbons (Fsp3) is 0.312. The number of nitrogen functional groups attached to an aromatic ring is 1. The third-order valence-corrected chi connectivity index (χ3v) is 4.22. The van der Waals surface area contributed by atoms with Gasteiger partial charge in [0.05, 0.1) is 5.75 Å². The molecule has 0 aliphatic carbocycles. The Bertz CT molecular complexity index is 678. The summed E-state index contributed by atoms with van der Waals surface area (Å²) in [5, 5.41) is 11.3. The highest BCUT2D eigenvalue weighted by Crippen LogP contribution is 2.20. The SMILES string of the molecule is C=CCn1c(N)nnc1SCC(=O)Nc1ccc(C(C)C)cc1. The lowest BCUT2D eigenvalue weighted by molar-refractivity contribution is -0.113. The molecule has 1 aromatic heterocycles. The quantitative estimate of drug-likeness (QED) is 0.602. The Balaban J connectivity index is 1.91. The molecule has 0 aliphatic heterocycles. The molecule has 0 saturated carbocycles. The molecule has 0 unspecified atom stereocenters. The van der Waals surface area contributed by atoms with Crippen LogP contribution in [0.3, 0.4) is 0 Å². The number of thioether (sulfide) groups is 1. The summed E-state index contributed by atoms with van der Waals surface area (Å²) in [5.41, 5.74) is 7.75. The van der Waals surface area contributed by atoms with Gasteiger partial charge in [-0.15, -0.1) is 16.8 Å². The molecule has 0 radical (unpaired) electrons. The summed E-state index contributed by atoms with van der Waals surface area (Å²) >= 11 is 1.29. The van der Waals surface area contributed by atoms with E-state index in [0.29, 0.717) is 23.6 Å². The summed E-state index contributed by atoms with van der Waals surface area (Å²) < 4.78 is 1.71. The fourth-order valence-electron chi connectivity index (χ4n) is 1.99. The van der Waals surface area contributed by atoms with Crippen molar-refractivity contribution in [2.24, 2.45) is 0 Å². The first-order valence-electron chi connectivity index (χ1n) is 7.33. The molecule has 0 aliphatic rings. The third-order valence-electron chi connectivity index (χ3n) is 3.25. The number of amides is 1. The van der Waals surface area contributed by atoms with Crippen molar-refractivity contribution < 1.29 is 4.79 Å². The van der Waals surface area contributed by atoms with Gasteiger partial charge < -0.3 is 11.1 Å². The zero-order valence-electron chi connectivity index (χ0n) is 13.3. The van der Waals surface area contributed by atoms with E-state index in [0.717, 1.165) is 5.69 Å². The van der Waals surface area contributed by atoms with E-state index >= 15 is 0 Å². The van der Waals surface area contributed by atoms with Crippen molar-refractivity contribution >= 4 is 29.3 Å². The zero-order valence-corrected chi connectivity index (χ0v) is 14.1. The van der Waals surface area contributed by atoms with E-state index < -0.39 is 0 Å². The average Bonchev–Trinajstić information content (AvgIpc) is 2.87. The van der Waals surface area contributed by atoms with Gasteiger partial charge in [0.15, 0.2) is 5.16 Å². The topological polar surface area (TPSA) is 85.8 Å². The van der Waals surface area contributed by atoms with Crippen molar-refractivity contribution in [2.75, 3.05) is 16.8 Å². The number of nitrogens with one attached hydrogen (secondary N) is 1. The van der Waals surface area contributed by atoms with Crippen molar-refractivity contribution in [1.82, 2.24) is 14.8 Å². The minimum Gasteiger partial charge on any atom is -0.368 e. The number of nitrogens with two attached hydrogens (primary N) is 1.